The molecule has 0 aliphatic rings. The Kier molecular flexibility index (Phi) is 7.07. The average molecular weight is 421 g/mol. The molecule has 31 heavy (non-hydrogen) atoms. The van der Waals surface area contributed by atoms with Gasteiger partial charge < -0.3 is 9.47 Å². The highest BCUT2D eigenvalue weighted by molar-refractivity contribution is 5.88. The second kappa shape index (κ2) is 9.93. The van der Waals surface area contributed by atoms with Gasteiger partial charge in [0.15, 0.2) is 0 Å². The first kappa shape index (κ1) is 22.1. The summed E-state index contributed by atoms with van der Waals surface area (Å²) in [7, 11) is 1.54. The molecule has 0 saturated carbocycles. The van der Waals surface area contributed by atoms with Gasteiger partial charge in [-0.2, -0.15) is 0 Å². The maximum atomic E-state index is 12.9. The molecule has 1 amide bonds. The smallest absolute Gasteiger partial charge is 0.416 e. The molecule has 0 aliphatic carbocycles. The van der Waals surface area contributed by atoms with Crippen LogP contribution in [0, 0.1) is 5.92 Å². The Bertz CT molecular complexity index is 1120. The van der Waals surface area contributed by atoms with Crippen LogP contribution in [0.5, 0.6) is 5.75 Å². The molecule has 7 nitrogen and oxygen atoms in total. The summed E-state index contributed by atoms with van der Waals surface area (Å²) in [5.74, 6) is 1.04. The fourth-order valence-corrected chi connectivity index (χ4v) is 3.10. The van der Waals surface area contributed by atoms with E-state index >= 15 is 0 Å². The molecule has 1 N–H and O–H groups in total. The van der Waals surface area contributed by atoms with E-state index in [0.717, 1.165) is 12.0 Å². The molecule has 0 unspecified atom stereocenters. The fourth-order valence-electron chi connectivity index (χ4n) is 3.10. The van der Waals surface area contributed by atoms with E-state index in [4.69, 9.17) is 9.47 Å². The monoisotopic (exact) mass is 421 g/mol. The van der Waals surface area contributed by atoms with Crippen molar-refractivity contribution in [3.05, 3.63) is 70.5 Å². The summed E-state index contributed by atoms with van der Waals surface area (Å²) in [4.78, 5) is 34.3. The molecule has 0 atom stereocenters. The molecule has 0 aliphatic heterocycles. The number of hydrogen-bond donors (Lipinski definition) is 1. The third-order valence-corrected chi connectivity index (χ3v) is 4.88. The van der Waals surface area contributed by atoms with E-state index in [0.29, 0.717) is 34.7 Å². The summed E-state index contributed by atoms with van der Waals surface area (Å²) < 4.78 is 10.9. The fraction of sp³-hybridized carbons (Fsp3) is 0.292. The van der Waals surface area contributed by atoms with Crippen LogP contribution < -0.4 is 15.2 Å². The van der Waals surface area contributed by atoms with Crippen LogP contribution in [-0.4, -0.2) is 29.7 Å². The number of carbonyl (C=O) groups is 1. The van der Waals surface area contributed by atoms with Crippen LogP contribution in [0.2, 0.25) is 0 Å². The third-order valence-electron chi connectivity index (χ3n) is 4.88. The van der Waals surface area contributed by atoms with Crippen LogP contribution in [0.25, 0.3) is 17.0 Å². The van der Waals surface area contributed by atoms with Crippen molar-refractivity contribution >= 4 is 29.0 Å². The maximum Gasteiger partial charge on any atom is 0.416 e. The predicted octanol–water partition coefficient (Wildman–Crippen LogP) is 4.76. The summed E-state index contributed by atoms with van der Waals surface area (Å²) in [6.07, 6.45) is 1.77. The van der Waals surface area contributed by atoms with Crippen molar-refractivity contribution in [3.63, 3.8) is 0 Å². The number of methoxy groups -OCH3 is 1. The molecule has 1 aromatic heterocycles. The van der Waals surface area contributed by atoms with Crippen molar-refractivity contribution < 1.29 is 14.3 Å². The van der Waals surface area contributed by atoms with Gasteiger partial charge >= 0.3 is 6.09 Å². The molecule has 7 heteroatoms. The highest BCUT2D eigenvalue weighted by Gasteiger charge is 2.21. The van der Waals surface area contributed by atoms with E-state index < -0.39 is 6.09 Å². The van der Waals surface area contributed by atoms with Crippen LogP contribution in [0.1, 0.15) is 31.4 Å². The molecule has 0 spiro atoms. The lowest BCUT2D eigenvalue weighted by Gasteiger charge is -2.22. The summed E-state index contributed by atoms with van der Waals surface area (Å²) in [5.41, 5.74) is 1.64. The van der Waals surface area contributed by atoms with Gasteiger partial charge in [-0.25, -0.2) is 14.7 Å². The van der Waals surface area contributed by atoms with Gasteiger partial charge in [0.25, 0.3) is 5.56 Å². The van der Waals surface area contributed by atoms with Gasteiger partial charge in [0.1, 0.15) is 12.4 Å². The normalized spacial score (nSPS) is 10.8. The molecule has 3 aromatic rings. The Labute approximate surface area is 181 Å². The third kappa shape index (κ3) is 5.31. The van der Waals surface area contributed by atoms with E-state index in [9.17, 15) is 9.59 Å². The zero-order chi connectivity index (χ0) is 22.4. The second-order valence-corrected chi connectivity index (χ2v) is 7.58. The first-order valence-electron chi connectivity index (χ1n) is 10.2. The van der Waals surface area contributed by atoms with Crippen LogP contribution in [0.15, 0.2) is 53.8 Å². The number of nitrogens with one attached hydrogen (secondary N) is 1. The van der Waals surface area contributed by atoms with Crippen molar-refractivity contribution in [2.45, 2.75) is 26.9 Å². The lowest BCUT2D eigenvalue weighted by Crippen LogP contribution is -2.35. The van der Waals surface area contributed by atoms with Crippen LogP contribution >= 0.6 is 0 Å². The van der Waals surface area contributed by atoms with Crippen molar-refractivity contribution in [2.24, 2.45) is 5.92 Å². The van der Waals surface area contributed by atoms with Gasteiger partial charge in [-0.1, -0.05) is 56.8 Å². The van der Waals surface area contributed by atoms with Gasteiger partial charge in [0.2, 0.25) is 5.95 Å². The van der Waals surface area contributed by atoms with E-state index in [1.54, 1.807) is 18.2 Å². The summed E-state index contributed by atoms with van der Waals surface area (Å²) in [5, 5.41) is 0.390. The second-order valence-electron chi connectivity index (χ2n) is 7.58. The number of rotatable bonds is 8. The quantitative estimate of drug-likeness (QED) is 0.567. The van der Waals surface area contributed by atoms with Crippen molar-refractivity contribution in [2.75, 3.05) is 18.6 Å². The predicted molar refractivity (Wildman–Crippen MR) is 122 cm³/mol. The van der Waals surface area contributed by atoms with Crippen LogP contribution in [0.3, 0.4) is 0 Å². The number of nitrogens with zero attached hydrogens (tertiary/aromatic N) is 2. The first-order valence-corrected chi connectivity index (χ1v) is 10.2. The summed E-state index contributed by atoms with van der Waals surface area (Å²) in [6.45, 7) is 8.37. The number of amides is 1. The number of carbonyl (C=O) groups excluding carboxylic acids is 1. The minimum atomic E-state index is -0.568. The van der Waals surface area contributed by atoms with Gasteiger partial charge in [-0.3, -0.25) is 9.78 Å². The average Bonchev–Trinajstić information content (AvgIpc) is 2.77. The Balaban J connectivity index is 1.96. The Morgan fingerprint density at radius 3 is 2.65 bits per heavy atom. The SMILES string of the molecule is C=Cc1cc2c(=O)[nH]c(N(CCC(C)C)C(=O)OCc3ccccc3)nc2cc1OC. The number of ether oxygens (including phenoxy) is 2. The molecule has 0 fully saturated rings. The molecular weight excluding hydrogens is 394 g/mol. The highest BCUT2D eigenvalue weighted by Crippen LogP contribution is 2.25. The van der Waals surface area contributed by atoms with E-state index in [1.165, 1.54) is 12.0 Å². The van der Waals surface area contributed by atoms with E-state index in [-0.39, 0.29) is 18.1 Å². The van der Waals surface area contributed by atoms with Gasteiger partial charge in [0.05, 0.1) is 18.0 Å². The minimum absolute atomic E-state index is 0.131. The van der Waals surface area contributed by atoms with Crippen molar-refractivity contribution in [1.29, 1.82) is 0 Å². The number of aromatic nitrogens is 2. The first-order chi connectivity index (χ1) is 14.9. The number of aromatic amines is 1. The van der Waals surface area contributed by atoms with Gasteiger partial charge in [0, 0.05) is 18.2 Å². The maximum absolute atomic E-state index is 12.9. The largest absolute Gasteiger partial charge is 0.496 e. The minimum Gasteiger partial charge on any atom is -0.496 e. The van der Waals surface area contributed by atoms with E-state index in [1.807, 2.05) is 30.3 Å². The summed E-state index contributed by atoms with van der Waals surface area (Å²) in [6, 6.07) is 12.8. The zero-order valence-electron chi connectivity index (χ0n) is 18.1. The molecule has 2 aromatic carbocycles. The topological polar surface area (TPSA) is 84.5 Å². The number of benzene rings is 2. The Morgan fingerprint density at radius 2 is 2.00 bits per heavy atom. The van der Waals surface area contributed by atoms with Crippen LogP contribution in [-0.2, 0) is 11.3 Å². The van der Waals surface area contributed by atoms with Crippen molar-refractivity contribution in [1.82, 2.24) is 9.97 Å². The van der Waals surface area contributed by atoms with Gasteiger partial charge in [-0.05, 0) is 24.0 Å². The molecular formula is C24H27N3O4. The zero-order valence-corrected chi connectivity index (χ0v) is 18.1. The molecule has 0 radical (unpaired) electrons. The highest BCUT2D eigenvalue weighted by atomic mass is 16.6. The Hall–Kier alpha value is -3.61. The lowest BCUT2D eigenvalue weighted by atomic mass is 10.1. The van der Waals surface area contributed by atoms with Gasteiger partial charge in [-0.15, -0.1) is 0 Å². The van der Waals surface area contributed by atoms with Crippen molar-refractivity contribution in [3.8, 4) is 5.75 Å². The number of anilines is 1. The molecule has 0 bridgehead atoms. The molecule has 0 saturated heterocycles. The standard InChI is InChI=1S/C24H27N3O4/c1-5-18-13-19-20(14-21(18)30-4)25-23(26-22(19)28)27(12-11-16(2)3)24(29)31-15-17-9-7-6-8-10-17/h5-10,13-14,16H,1,11-12,15H2,2-4H3,(H,25,26,28). The lowest BCUT2D eigenvalue weighted by molar-refractivity contribution is 0.146. The number of H-pyrrole nitrogens is 1. The van der Waals surface area contributed by atoms with Crippen LogP contribution in [0.4, 0.5) is 10.7 Å². The molecule has 1 heterocycles. The number of fused-ring (bicyclic) bond motifs is 1. The van der Waals surface area contributed by atoms with E-state index in [2.05, 4.69) is 30.4 Å². The Morgan fingerprint density at radius 1 is 1.26 bits per heavy atom. The summed E-state index contributed by atoms with van der Waals surface area (Å²) >= 11 is 0. The molecule has 3 rings (SSSR count). The molecule has 162 valence electrons. The number of hydrogen-bond acceptors (Lipinski definition) is 5.